The number of nitrogens with zero attached hydrogens (tertiary/aromatic N) is 3. The normalized spacial score (nSPS) is 11.6. The molecule has 5 heteroatoms. The quantitative estimate of drug-likeness (QED) is 0.182. The number of fused-ring (bicyclic) bond motifs is 6. The van der Waals surface area contributed by atoms with E-state index >= 15 is 0 Å². The standard InChI is InChI=1S/C45H27N3S2/c1-2-10-28(11-3-1)29-20-22-30(23-21-29)31-12-8-13-32(26-31)43-46-44(33-24-25-40-37(27-33)34-14-4-6-17-38(34)49-40)48-45(47-43)36-16-9-19-41-42(36)35-15-5-7-18-39(35)50-41/h1-27H. The Hall–Kier alpha value is -6.01. The van der Waals surface area contributed by atoms with Crippen LogP contribution in [0.3, 0.4) is 0 Å². The lowest BCUT2D eigenvalue weighted by Gasteiger charge is -2.11. The molecule has 50 heavy (non-hydrogen) atoms. The molecule has 0 fully saturated rings. The van der Waals surface area contributed by atoms with Crippen LogP contribution in [0.1, 0.15) is 0 Å². The fraction of sp³-hybridized carbons (Fsp3) is 0. The highest BCUT2D eigenvalue weighted by Gasteiger charge is 2.18. The molecule has 0 saturated heterocycles. The van der Waals surface area contributed by atoms with Gasteiger partial charge in [0, 0.05) is 57.0 Å². The summed E-state index contributed by atoms with van der Waals surface area (Å²) in [5.41, 5.74) is 7.60. The largest absolute Gasteiger partial charge is 0.208 e. The zero-order valence-electron chi connectivity index (χ0n) is 26.7. The monoisotopic (exact) mass is 673 g/mol. The van der Waals surface area contributed by atoms with E-state index in [0.29, 0.717) is 17.5 Å². The van der Waals surface area contributed by atoms with Gasteiger partial charge in [-0.3, -0.25) is 0 Å². The molecule has 0 aliphatic heterocycles. The lowest BCUT2D eigenvalue weighted by molar-refractivity contribution is 1.08. The molecule has 0 atom stereocenters. The van der Waals surface area contributed by atoms with Crippen molar-refractivity contribution in [3.05, 3.63) is 164 Å². The van der Waals surface area contributed by atoms with E-state index in [2.05, 4.69) is 158 Å². The van der Waals surface area contributed by atoms with Gasteiger partial charge in [-0.05, 0) is 64.7 Å². The number of benzene rings is 7. The van der Waals surface area contributed by atoms with Gasteiger partial charge < -0.3 is 0 Å². The van der Waals surface area contributed by atoms with Gasteiger partial charge in [0.1, 0.15) is 0 Å². The van der Waals surface area contributed by atoms with Crippen molar-refractivity contribution in [2.24, 2.45) is 0 Å². The SMILES string of the molecule is c1ccc(-c2ccc(-c3cccc(-c4nc(-c5ccc6sc7ccccc7c6c5)nc(-c5cccc6sc7ccccc7c56)n4)c3)cc2)cc1. The number of rotatable bonds is 5. The minimum atomic E-state index is 0.652. The van der Waals surface area contributed by atoms with E-state index in [0.717, 1.165) is 27.8 Å². The van der Waals surface area contributed by atoms with Crippen molar-refractivity contribution in [2.75, 3.05) is 0 Å². The van der Waals surface area contributed by atoms with Crippen LogP contribution in [0, 0.1) is 0 Å². The molecule has 0 aliphatic rings. The van der Waals surface area contributed by atoms with E-state index in [1.54, 1.807) is 11.3 Å². The molecule has 0 saturated carbocycles. The highest BCUT2D eigenvalue weighted by molar-refractivity contribution is 7.26. The Labute approximate surface area is 296 Å². The lowest BCUT2D eigenvalue weighted by atomic mass is 9.99. The minimum absolute atomic E-state index is 0.652. The van der Waals surface area contributed by atoms with Gasteiger partial charge in [0.05, 0.1) is 0 Å². The average Bonchev–Trinajstić information content (AvgIpc) is 3.76. The third kappa shape index (κ3) is 4.98. The van der Waals surface area contributed by atoms with E-state index in [9.17, 15) is 0 Å². The van der Waals surface area contributed by atoms with Gasteiger partial charge in [-0.15, -0.1) is 22.7 Å². The minimum Gasteiger partial charge on any atom is -0.208 e. The van der Waals surface area contributed by atoms with Crippen molar-refractivity contribution in [3.63, 3.8) is 0 Å². The number of hydrogen-bond donors (Lipinski definition) is 0. The Morgan fingerprint density at radius 2 is 0.800 bits per heavy atom. The number of aromatic nitrogens is 3. The first-order valence-corrected chi connectivity index (χ1v) is 18.2. The highest BCUT2D eigenvalue weighted by atomic mass is 32.1. The Bertz CT molecular complexity index is 2870. The van der Waals surface area contributed by atoms with Gasteiger partial charge in [-0.25, -0.2) is 15.0 Å². The zero-order chi connectivity index (χ0) is 33.0. The number of thiophene rings is 2. The van der Waals surface area contributed by atoms with Crippen LogP contribution < -0.4 is 0 Å². The summed E-state index contributed by atoms with van der Waals surface area (Å²) in [4.78, 5) is 15.6. The fourth-order valence-corrected chi connectivity index (χ4v) is 9.12. The van der Waals surface area contributed by atoms with Crippen molar-refractivity contribution in [1.29, 1.82) is 0 Å². The van der Waals surface area contributed by atoms with Crippen molar-refractivity contribution >= 4 is 63.0 Å². The summed E-state index contributed by atoms with van der Waals surface area (Å²) in [5.74, 6) is 1.99. The topological polar surface area (TPSA) is 38.7 Å². The molecule has 7 aromatic carbocycles. The van der Waals surface area contributed by atoms with Crippen LogP contribution in [0.15, 0.2) is 164 Å². The summed E-state index contributed by atoms with van der Waals surface area (Å²) in [6.07, 6.45) is 0. The predicted octanol–water partition coefficient (Wildman–Crippen LogP) is 12.9. The van der Waals surface area contributed by atoms with E-state index in [-0.39, 0.29) is 0 Å². The van der Waals surface area contributed by atoms with Crippen molar-refractivity contribution in [3.8, 4) is 56.4 Å². The lowest BCUT2D eigenvalue weighted by Crippen LogP contribution is -2.00. The first-order chi connectivity index (χ1) is 24.7. The fourth-order valence-electron chi connectivity index (χ4n) is 6.90. The molecule has 0 unspecified atom stereocenters. The van der Waals surface area contributed by atoms with Gasteiger partial charge in [0.15, 0.2) is 17.5 Å². The van der Waals surface area contributed by atoms with Gasteiger partial charge in [-0.2, -0.15) is 0 Å². The Kier molecular flexibility index (Phi) is 6.86. The summed E-state index contributed by atoms with van der Waals surface area (Å²) < 4.78 is 5.01. The average molecular weight is 674 g/mol. The summed E-state index contributed by atoms with van der Waals surface area (Å²) in [6, 6.07) is 58.0. The molecule has 234 valence electrons. The Balaban J connectivity index is 1.15. The second kappa shape index (κ2) is 11.8. The molecule has 0 spiro atoms. The number of hydrogen-bond acceptors (Lipinski definition) is 5. The molecule has 0 bridgehead atoms. The molecule has 0 aliphatic carbocycles. The van der Waals surface area contributed by atoms with Crippen molar-refractivity contribution in [1.82, 2.24) is 15.0 Å². The highest BCUT2D eigenvalue weighted by Crippen LogP contribution is 2.41. The second-order valence-electron chi connectivity index (χ2n) is 12.4. The van der Waals surface area contributed by atoms with Crippen LogP contribution in [0.2, 0.25) is 0 Å². The molecule has 3 heterocycles. The van der Waals surface area contributed by atoms with Crippen LogP contribution in [0.4, 0.5) is 0 Å². The maximum atomic E-state index is 5.21. The van der Waals surface area contributed by atoms with Crippen LogP contribution in [-0.4, -0.2) is 15.0 Å². The van der Waals surface area contributed by atoms with E-state index in [4.69, 9.17) is 15.0 Å². The smallest absolute Gasteiger partial charge is 0.164 e. The van der Waals surface area contributed by atoms with Gasteiger partial charge >= 0.3 is 0 Å². The van der Waals surface area contributed by atoms with Gasteiger partial charge in [0.2, 0.25) is 0 Å². The molecule has 3 nitrogen and oxygen atoms in total. The first-order valence-electron chi connectivity index (χ1n) is 16.6. The first kappa shape index (κ1) is 29.0. The zero-order valence-corrected chi connectivity index (χ0v) is 28.4. The van der Waals surface area contributed by atoms with Gasteiger partial charge in [-0.1, -0.05) is 121 Å². The van der Waals surface area contributed by atoms with Crippen LogP contribution in [0.25, 0.3) is 96.8 Å². The molecule has 10 rings (SSSR count). The van der Waals surface area contributed by atoms with Gasteiger partial charge in [0.25, 0.3) is 0 Å². The summed E-state index contributed by atoms with van der Waals surface area (Å²) in [6.45, 7) is 0. The molecule has 0 N–H and O–H groups in total. The van der Waals surface area contributed by atoms with Crippen LogP contribution >= 0.6 is 22.7 Å². The second-order valence-corrected chi connectivity index (χ2v) is 14.6. The summed E-state index contributed by atoms with van der Waals surface area (Å²) in [5, 5.41) is 4.88. The Morgan fingerprint density at radius 3 is 1.60 bits per heavy atom. The van der Waals surface area contributed by atoms with Crippen molar-refractivity contribution < 1.29 is 0 Å². The summed E-state index contributed by atoms with van der Waals surface area (Å²) in [7, 11) is 0. The van der Waals surface area contributed by atoms with Crippen molar-refractivity contribution in [2.45, 2.75) is 0 Å². The third-order valence-corrected chi connectivity index (χ3v) is 11.6. The predicted molar refractivity (Wildman–Crippen MR) is 213 cm³/mol. The third-order valence-electron chi connectivity index (χ3n) is 9.36. The van der Waals surface area contributed by atoms with E-state index in [1.807, 2.05) is 17.4 Å². The molecular formula is C45H27N3S2. The van der Waals surface area contributed by atoms with E-state index < -0.39 is 0 Å². The molecule has 3 aromatic heterocycles. The molecule has 0 amide bonds. The van der Waals surface area contributed by atoms with Crippen LogP contribution in [0.5, 0.6) is 0 Å². The maximum absolute atomic E-state index is 5.21. The molecular weight excluding hydrogens is 647 g/mol. The van der Waals surface area contributed by atoms with E-state index in [1.165, 1.54) is 51.5 Å². The maximum Gasteiger partial charge on any atom is 0.164 e. The summed E-state index contributed by atoms with van der Waals surface area (Å²) >= 11 is 3.62. The molecule has 0 radical (unpaired) electrons. The molecule has 10 aromatic rings. The Morgan fingerprint density at radius 1 is 0.300 bits per heavy atom. The van der Waals surface area contributed by atoms with Crippen LogP contribution in [-0.2, 0) is 0 Å².